The van der Waals surface area contributed by atoms with Gasteiger partial charge in [0, 0.05) is 13.7 Å². The number of halogens is 1. The van der Waals surface area contributed by atoms with Gasteiger partial charge >= 0.3 is 0 Å². The predicted octanol–water partition coefficient (Wildman–Crippen LogP) is 1.86. The summed E-state index contributed by atoms with van der Waals surface area (Å²) in [6, 6.07) is 1.86. The molecule has 1 rings (SSSR count). The summed E-state index contributed by atoms with van der Waals surface area (Å²) in [4.78, 5) is 0. The molecule has 0 saturated heterocycles. The van der Waals surface area contributed by atoms with Crippen LogP contribution in [-0.2, 0) is 10.3 Å². The summed E-state index contributed by atoms with van der Waals surface area (Å²) in [6.45, 7) is 2.28. The second-order valence-electron chi connectivity index (χ2n) is 2.77. The van der Waals surface area contributed by atoms with Crippen LogP contribution in [0.25, 0.3) is 0 Å². The standard InChI is InChI=1S/C8H12BrNO2/c1-8(5-10,11-2)7-3-6(9)4-12-7/h3-4H,5,10H2,1-2H3. The van der Waals surface area contributed by atoms with Gasteiger partial charge in [-0.25, -0.2) is 0 Å². The molecule has 0 bridgehead atoms. The van der Waals surface area contributed by atoms with Crippen LogP contribution in [0.1, 0.15) is 12.7 Å². The summed E-state index contributed by atoms with van der Waals surface area (Å²) in [5.41, 5.74) is 5.04. The zero-order valence-corrected chi connectivity index (χ0v) is 8.72. The van der Waals surface area contributed by atoms with E-state index >= 15 is 0 Å². The Kier molecular flexibility index (Phi) is 2.93. The van der Waals surface area contributed by atoms with Gasteiger partial charge in [0.2, 0.25) is 0 Å². The lowest BCUT2D eigenvalue weighted by molar-refractivity contribution is -0.00779. The highest BCUT2D eigenvalue weighted by Gasteiger charge is 2.27. The third-order valence-corrected chi connectivity index (χ3v) is 2.34. The molecule has 1 aromatic rings. The molecule has 1 atom stereocenters. The van der Waals surface area contributed by atoms with Gasteiger partial charge in [-0.15, -0.1) is 0 Å². The lowest BCUT2D eigenvalue weighted by Gasteiger charge is -2.23. The zero-order chi connectivity index (χ0) is 9.19. The first-order chi connectivity index (χ1) is 5.62. The van der Waals surface area contributed by atoms with Crippen molar-refractivity contribution in [3.8, 4) is 0 Å². The van der Waals surface area contributed by atoms with Crippen LogP contribution in [0.15, 0.2) is 21.2 Å². The molecule has 1 unspecified atom stereocenters. The van der Waals surface area contributed by atoms with Crippen LogP contribution in [0.4, 0.5) is 0 Å². The van der Waals surface area contributed by atoms with Crippen molar-refractivity contribution >= 4 is 15.9 Å². The highest BCUT2D eigenvalue weighted by molar-refractivity contribution is 9.10. The zero-order valence-electron chi connectivity index (χ0n) is 7.13. The maximum absolute atomic E-state index is 5.56. The molecule has 0 radical (unpaired) electrons. The lowest BCUT2D eigenvalue weighted by atomic mass is 10.0. The second-order valence-corrected chi connectivity index (χ2v) is 3.68. The lowest BCUT2D eigenvalue weighted by Crippen LogP contribution is -2.33. The Labute approximate surface area is 80.0 Å². The molecule has 2 N–H and O–H groups in total. The summed E-state index contributed by atoms with van der Waals surface area (Å²) in [5, 5.41) is 0. The first-order valence-electron chi connectivity index (χ1n) is 3.62. The number of rotatable bonds is 3. The molecule has 0 fully saturated rings. The molecule has 4 heteroatoms. The maximum Gasteiger partial charge on any atom is 0.137 e. The molecule has 3 nitrogen and oxygen atoms in total. The fourth-order valence-corrected chi connectivity index (χ4v) is 1.18. The fraction of sp³-hybridized carbons (Fsp3) is 0.500. The van der Waals surface area contributed by atoms with Crippen LogP contribution in [0.2, 0.25) is 0 Å². The minimum absolute atomic E-state index is 0.392. The Morgan fingerprint density at radius 2 is 2.42 bits per heavy atom. The van der Waals surface area contributed by atoms with E-state index in [1.165, 1.54) is 0 Å². The number of hydrogen-bond acceptors (Lipinski definition) is 3. The van der Waals surface area contributed by atoms with Gasteiger partial charge in [0.1, 0.15) is 17.6 Å². The average Bonchev–Trinajstić information content (AvgIpc) is 2.51. The molecule has 1 heterocycles. The van der Waals surface area contributed by atoms with E-state index in [0.29, 0.717) is 6.54 Å². The van der Waals surface area contributed by atoms with Gasteiger partial charge in [0.05, 0.1) is 4.47 Å². The Hall–Kier alpha value is -0.320. The van der Waals surface area contributed by atoms with Crippen LogP contribution in [0, 0.1) is 0 Å². The second kappa shape index (κ2) is 3.60. The quantitative estimate of drug-likeness (QED) is 0.868. The molecule has 0 aliphatic carbocycles. The number of methoxy groups -OCH3 is 1. The van der Waals surface area contributed by atoms with Crippen LogP contribution < -0.4 is 5.73 Å². The first-order valence-corrected chi connectivity index (χ1v) is 4.41. The van der Waals surface area contributed by atoms with Crippen molar-refractivity contribution < 1.29 is 9.15 Å². The van der Waals surface area contributed by atoms with Crippen LogP contribution in [0.3, 0.4) is 0 Å². The van der Waals surface area contributed by atoms with Crippen molar-refractivity contribution in [3.05, 3.63) is 22.6 Å². The molecule has 12 heavy (non-hydrogen) atoms. The monoisotopic (exact) mass is 233 g/mol. The molecule has 0 saturated carbocycles. The average molecular weight is 234 g/mol. The van der Waals surface area contributed by atoms with Gasteiger partial charge in [-0.1, -0.05) is 0 Å². The molecule has 1 aromatic heterocycles. The summed E-state index contributed by atoms with van der Waals surface area (Å²) in [7, 11) is 1.61. The van der Waals surface area contributed by atoms with Crippen molar-refractivity contribution in [3.63, 3.8) is 0 Å². The minimum Gasteiger partial charge on any atom is -0.465 e. The third kappa shape index (κ3) is 1.71. The van der Waals surface area contributed by atoms with E-state index in [-0.39, 0.29) is 0 Å². The molecule has 0 amide bonds. The summed E-state index contributed by atoms with van der Waals surface area (Å²) in [5.74, 6) is 0.736. The molecule has 0 aromatic carbocycles. The number of nitrogens with two attached hydrogens (primary N) is 1. The molecule has 0 aliphatic heterocycles. The highest BCUT2D eigenvalue weighted by atomic mass is 79.9. The van der Waals surface area contributed by atoms with E-state index < -0.39 is 5.60 Å². The molecule has 0 aliphatic rings. The normalized spacial score (nSPS) is 16.0. The number of ether oxygens (including phenoxy) is 1. The maximum atomic E-state index is 5.56. The Balaban J connectivity index is 2.94. The van der Waals surface area contributed by atoms with Crippen LogP contribution in [-0.4, -0.2) is 13.7 Å². The van der Waals surface area contributed by atoms with E-state index in [0.717, 1.165) is 10.2 Å². The fourth-order valence-electron chi connectivity index (χ4n) is 0.875. The summed E-state index contributed by atoms with van der Waals surface area (Å²) >= 11 is 3.29. The van der Waals surface area contributed by atoms with Crippen molar-refractivity contribution in [1.29, 1.82) is 0 Å². The van der Waals surface area contributed by atoms with Gasteiger partial charge < -0.3 is 14.9 Å². The van der Waals surface area contributed by atoms with Crippen molar-refractivity contribution in [2.24, 2.45) is 5.73 Å². The number of furan rings is 1. The molecular formula is C8H12BrNO2. The van der Waals surface area contributed by atoms with Gasteiger partial charge in [-0.3, -0.25) is 0 Å². The van der Waals surface area contributed by atoms with Gasteiger partial charge in [0.15, 0.2) is 0 Å². The predicted molar refractivity (Wildman–Crippen MR) is 49.8 cm³/mol. The summed E-state index contributed by atoms with van der Waals surface area (Å²) < 4.78 is 11.4. The van der Waals surface area contributed by atoms with Crippen molar-refractivity contribution in [1.82, 2.24) is 0 Å². The number of hydrogen-bond donors (Lipinski definition) is 1. The molecular weight excluding hydrogens is 222 g/mol. The minimum atomic E-state index is -0.522. The Morgan fingerprint density at radius 1 is 1.75 bits per heavy atom. The van der Waals surface area contributed by atoms with Gasteiger partial charge in [-0.05, 0) is 28.9 Å². The third-order valence-electron chi connectivity index (χ3n) is 1.93. The first kappa shape index (κ1) is 9.77. The Bertz CT molecular complexity index is 255. The topological polar surface area (TPSA) is 48.4 Å². The van der Waals surface area contributed by atoms with E-state index in [2.05, 4.69) is 15.9 Å². The molecule has 68 valence electrons. The van der Waals surface area contributed by atoms with Crippen molar-refractivity contribution in [2.75, 3.05) is 13.7 Å². The van der Waals surface area contributed by atoms with E-state index in [1.54, 1.807) is 13.4 Å². The van der Waals surface area contributed by atoms with Gasteiger partial charge in [-0.2, -0.15) is 0 Å². The van der Waals surface area contributed by atoms with Crippen LogP contribution in [0.5, 0.6) is 0 Å². The molecule has 0 spiro atoms. The van der Waals surface area contributed by atoms with E-state index in [1.807, 2.05) is 13.0 Å². The summed E-state index contributed by atoms with van der Waals surface area (Å²) in [6.07, 6.45) is 1.61. The van der Waals surface area contributed by atoms with E-state index in [9.17, 15) is 0 Å². The highest BCUT2D eigenvalue weighted by Crippen LogP contribution is 2.27. The van der Waals surface area contributed by atoms with Crippen molar-refractivity contribution in [2.45, 2.75) is 12.5 Å². The van der Waals surface area contributed by atoms with Gasteiger partial charge in [0.25, 0.3) is 0 Å². The SMILES string of the molecule is COC(C)(CN)c1cc(Br)co1. The largest absolute Gasteiger partial charge is 0.465 e. The van der Waals surface area contributed by atoms with Crippen LogP contribution >= 0.6 is 15.9 Å². The Morgan fingerprint density at radius 3 is 2.75 bits per heavy atom. The smallest absolute Gasteiger partial charge is 0.137 e. The van der Waals surface area contributed by atoms with E-state index in [4.69, 9.17) is 14.9 Å².